The second-order valence-corrected chi connectivity index (χ2v) is 4.06. The van der Waals surface area contributed by atoms with E-state index in [0.29, 0.717) is 12.6 Å². The number of anilines is 2. The van der Waals surface area contributed by atoms with E-state index in [1.54, 1.807) is 0 Å². The maximum absolute atomic E-state index is 5.45. The Morgan fingerprint density at radius 2 is 1.83 bits per heavy atom. The zero-order chi connectivity index (χ0) is 13.0. The summed E-state index contributed by atoms with van der Waals surface area (Å²) in [6.45, 7) is 6.53. The summed E-state index contributed by atoms with van der Waals surface area (Å²) in [5, 5.41) is 3.18. The van der Waals surface area contributed by atoms with Crippen LogP contribution >= 0.6 is 0 Å². The SMILES string of the molecule is CCOc1cccc(Nc2nc(C)cc(C)n2)c1. The number of hydrogen-bond donors (Lipinski definition) is 1. The Morgan fingerprint density at radius 1 is 1.11 bits per heavy atom. The Kier molecular flexibility index (Phi) is 3.77. The number of benzene rings is 1. The molecule has 2 aromatic rings. The molecular formula is C14H17N3O. The van der Waals surface area contributed by atoms with Crippen molar-refractivity contribution < 1.29 is 4.74 Å². The third kappa shape index (κ3) is 3.20. The maximum Gasteiger partial charge on any atom is 0.227 e. The average molecular weight is 243 g/mol. The van der Waals surface area contributed by atoms with Crippen molar-refractivity contribution in [2.75, 3.05) is 11.9 Å². The first-order valence-electron chi connectivity index (χ1n) is 5.99. The molecule has 1 aromatic carbocycles. The van der Waals surface area contributed by atoms with Gasteiger partial charge in [0.1, 0.15) is 5.75 Å². The van der Waals surface area contributed by atoms with E-state index in [9.17, 15) is 0 Å². The van der Waals surface area contributed by atoms with E-state index in [0.717, 1.165) is 22.8 Å². The number of rotatable bonds is 4. The molecular weight excluding hydrogens is 226 g/mol. The van der Waals surface area contributed by atoms with Crippen LogP contribution < -0.4 is 10.1 Å². The molecule has 0 fully saturated rings. The highest BCUT2D eigenvalue weighted by molar-refractivity contribution is 5.55. The van der Waals surface area contributed by atoms with Crippen molar-refractivity contribution >= 4 is 11.6 Å². The summed E-state index contributed by atoms with van der Waals surface area (Å²) in [7, 11) is 0. The fourth-order valence-electron chi connectivity index (χ4n) is 1.74. The van der Waals surface area contributed by atoms with Gasteiger partial charge in [-0.3, -0.25) is 0 Å². The molecule has 1 heterocycles. The van der Waals surface area contributed by atoms with E-state index in [1.165, 1.54) is 0 Å². The minimum atomic E-state index is 0.612. The molecule has 0 unspecified atom stereocenters. The van der Waals surface area contributed by atoms with Crippen molar-refractivity contribution in [3.8, 4) is 5.75 Å². The quantitative estimate of drug-likeness (QED) is 0.895. The van der Waals surface area contributed by atoms with Crippen LogP contribution in [0.5, 0.6) is 5.75 Å². The third-order valence-electron chi connectivity index (χ3n) is 2.38. The standard InChI is InChI=1S/C14H17N3O/c1-4-18-13-7-5-6-12(9-13)17-14-15-10(2)8-11(3)16-14/h5-9H,4H2,1-3H3,(H,15,16,17). The van der Waals surface area contributed by atoms with Gasteiger partial charge in [0.2, 0.25) is 5.95 Å². The lowest BCUT2D eigenvalue weighted by atomic mass is 10.3. The van der Waals surface area contributed by atoms with Gasteiger partial charge in [-0.25, -0.2) is 9.97 Å². The zero-order valence-electron chi connectivity index (χ0n) is 10.9. The average Bonchev–Trinajstić information content (AvgIpc) is 2.28. The Hall–Kier alpha value is -2.10. The van der Waals surface area contributed by atoms with Gasteiger partial charge < -0.3 is 10.1 Å². The largest absolute Gasteiger partial charge is 0.494 e. The maximum atomic E-state index is 5.45. The molecule has 4 nitrogen and oxygen atoms in total. The lowest BCUT2D eigenvalue weighted by Crippen LogP contribution is -2.00. The highest BCUT2D eigenvalue weighted by Gasteiger charge is 2.01. The summed E-state index contributed by atoms with van der Waals surface area (Å²) in [5.41, 5.74) is 2.82. The molecule has 0 amide bonds. The molecule has 0 bridgehead atoms. The molecule has 0 radical (unpaired) electrons. The predicted molar refractivity (Wildman–Crippen MR) is 72.4 cm³/mol. The Labute approximate surface area is 107 Å². The molecule has 0 atom stereocenters. The number of nitrogens with zero attached hydrogens (tertiary/aromatic N) is 2. The molecule has 94 valence electrons. The van der Waals surface area contributed by atoms with Crippen LogP contribution in [0, 0.1) is 13.8 Å². The summed E-state index contributed by atoms with van der Waals surface area (Å²) in [5.74, 6) is 1.45. The molecule has 4 heteroatoms. The molecule has 0 aliphatic rings. The van der Waals surface area contributed by atoms with Gasteiger partial charge in [-0.2, -0.15) is 0 Å². The van der Waals surface area contributed by atoms with Gasteiger partial charge in [0.25, 0.3) is 0 Å². The normalized spacial score (nSPS) is 10.2. The van der Waals surface area contributed by atoms with Crippen LogP contribution in [-0.2, 0) is 0 Å². The number of aromatic nitrogens is 2. The van der Waals surface area contributed by atoms with Crippen LogP contribution in [0.25, 0.3) is 0 Å². The van der Waals surface area contributed by atoms with E-state index in [2.05, 4.69) is 15.3 Å². The second kappa shape index (κ2) is 5.49. The fourth-order valence-corrected chi connectivity index (χ4v) is 1.74. The van der Waals surface area contributed by atoms with Gasteiger partial charge in [0.15, 0.2) is 0 Å². The van der Waals surface area contributed by atoms with Crippen LogP contribution in [0.15, 0.2) is 30.3 Å². The summed E-state index contributed by atoms with van der Waals surface area (Å²) in [6, 6.07) is 9.71. The van der Waals surface area contributed by atoms with Gasteiger partial charge in [-0.05, 0) is 39.0 Å². The van der Waals surface area contributed by atoms with Gasteiger partial charge in [0.05, 0.1) is 6.61 Å². The first-order chi connectivity index (χ1) is 8.67. The van der Waals surface area contributed by atoms with E-state index in [-0.39, 0.29) is 0 Å². The Morgan fingerprint density at radius 3 is 2.50 bits per heavy atom. The van der Waals surface area contributed by atoms with Gasteiger partial charge in [-0.15, -0.1) is 0 Å². The Balaban J connectivity index is 2.20. The van der Waals surface area contributed by atoms with Crippen LogP contribution in [-0.4, -0.2) is 16.6 Å². The Bertz CT molecular complexity index is 520. The van der Waals surface area contributed by atoms with Crippen LogP contribution in [0.3, 0.4) is 0 Å². The number of aryl methyl sites for hydroxylation is 2. The topological polar surface area (TPSA) is 47.0 Å². The lowest BCUT2D eigenvalue weighted by Gasteiger charge is -2.08. The molecule has 0 saturated heterocycles. The lowest BCUT2D eigenvalue weighted by molar-refractivity contribution is 0.340. The van der Waals surface area contributed by atoms with Crippen LogP contribution in [0.4, 0.5) is 11.6 Å². The summed E-state index contributed by atoms with van der Waals surface area (Å²) in [4.78, 5) is 8.68. The summed E-state index contributed by atoms with van der Waals surface area (Å²) >= 11 is 0. The van der Waals surface area contributed by atoms with Crippen LogP contribution in [0.1, 0.15) is 18.3 Å². The highest BCUT2D eigenvalue weighted by atomic mass is 16.5. The smallest absolute Gasteiger partial charge is 0.227 e. The highest BCUT2D eigenvalue weighted by Crippen LogP contribution is 2.20. The van der Waals surface area contributed by atoms with Crippen molar-refractivity contribution in [2.45, 2.75) is 20.8 Å². The van der Waals surface area contributed by atoms with E-state index < -0.39 is 0 Å². The number of ether oxygens (including phenoxy) is 1. The van der Waals surface area contributed by atoms with E-state index in [1.807, 2.05) is 51.1 Å². The van der Waals surface area contributed by atoms with Crippen molar-refractivity contribution in [1.29, 1.82) is 0 Å². The fraction of sp³-hybridized carbons (Fsp3) is 0.286. The molecule has 0 aliphatic heterocycles. The molecule has 0 spiro atoms. The predicted octanol–water partition coefficient (Wildman–Crippen LogP) is 3.24. The molecule has 18 heavy (non-hydrogen) atoms. The molecule has 1 aromatic heterocycles. The molecule has 0 saturated carbocycles. The van der Waals surface area contributed by atoms with Crippen molar-refractivity contribution in [3.05, 3.63) is 41.7 Å². The second-order valence-electron chi connectivity index (χ2n) is 4.06. The zero-order valence-corrected chi connectivity index (χ0v) is 10.9. The van der Waals surface area contributed by atoms with Gasteiger partial charge in [0, 0.05) is 23.1 Å². The third-order valence-corrected chi connectivity index (χ3v) is 2.38. The minimum absolute atomic E-state index is 0.612. The monoisotopic (exact) mass is 243 g/mol. The number of nitrogens with one attached hydrogen (secondary N) is 1. The van der Waals surface area contributed by atoms with Gasteiger partial charge in [-0.1, -0.05) is 6.07 Å². The van der Waals surface area contributed by atoms with Crippen molar-refractivity contribution in [1.82, 2.24) is 9.97 Å². The van der Waals surface area contributed by atoms with Gasteiger partial charge >= 0.3 is 0 Å². The first-order valence-corrected chi connectivity index (χ1v) is 5.99. The molecule has 0 aliphatic carbocycles. The van der Waals surface area contributed by atoms with E-state index >= 15 is 0 Å². The van der Waals surface area contributed by atoms with E-state index in [4.69, 9.17) is 4.74 Å². The summed E-state index contributed by atoms with van der Waals surface area (Å²) < 4.78 is 5.45. The molecule has 1 N–H and O–H groups in total. The molecule has 2 rings (SSSR count). The van der Waals surface area contributed by atoms with Crippen LogP contribution in [0.2, 0.25) is 0 Å². The minimum Gasteiger partial charge on any atom is -0.494 e. The van der Waals surface area contributed by atoms with Crippen molar-refractivity contribution in [2.24, 2.45) is 0 Å². The first kappa shape index (κ1) is 12.4. The van der Waals surface area contributed by atoms with Crippen molar-refractivity contribution in [3.63, 3.8) is 0 Å². The number of hydrogen-bond acceptors (Lipinski definition) is 4. The summed E-state index contributed by atoms with van der Waals surface area (Å²) in [6.07, 6.45) is 0.